The van der Waals surface area contributed by atoms with Crippen LogP contribution in [0.3, 0.4) is 0 Å². The second kappa shape index (κ2) is 8.63. The van der Waals surface area contributed by atoms with E-state index in [1.165, 1.54) is 11.3 Å². The van der Waals surface area contributed by atoms with E-state index in [9.17, 15) is 4.79 Å². The molecule has 9 heteroatoms. The molecule has 4 N–H and O–H groups in total. The van der Waals surface area contributed by atoms with E-state index >= 15 is 0 Å². The Morgan fingerprint density at radius 1 is 1.20 bits per heavy atom. The highest BCUT2D eigenvalue weighted by Crippen LogP contribution is 2.27. The Hall–Kier alpha value is -3.90. The van der Waals surface area contributed by atoms with Crippen molar-refractivity contribution < 1.29 is 4.79 Å². The van der Waals surface area contributed by atoms with Crippen LogP contribution in [0.2, 0.25) is 0 Å². The molecule has 1 aliphatic rings. The number of thiazole rings is 1. The fraction of sp³-hybridized carbons (Fsp3) is 0.143. The van der Waals surface area contributed by atoms with E-state index in [0.717, 1.165) is 16.3 Å². The molecule has 2 aromatic carbocycles. The molecule has 0 bridgehead atoms. The zero-order chi connectivity index (χ0) is 20.9. The standard InChI is InChI=1S/C21H19N7OS/c22-13-24-21(25-14-6-2-1-3-7-14)28-11-10-17-18(12-28)30-20(27-17)19(29)26-16-9-5-4-8-15(16)23/h1-9H,10-12,23H2,(H,24,25)(H,26,29). The van der Waals surface area contributed by atoms with Crippen molar-refractivity contribution in [2.45, 2.75) is 13.0 Å². The predicted octanol–water partition coefficient (Wildman–Crippen LogP) is 3.09. The monoisotopic (exact) mass is 417 g/mol. The van der Waals surface area contributed by atoms with Gasteiger partial charge in [-0.1, -0.05) is 30.3 Å². The predicted molar refractivity (Wildman–Crippen MR) is 117 cm³/mol. The molecule has 3 aromatic rings. The Labute approximate surface area is 177 Å². The maximum absolute atomic E-state index is 12.6. The number of nitrogens with zero attached hydrogens (tertiary/aromatic N) is 4. The Kier molecular flexibility index (Phi) is 5.59. The highest BCUT2D eigenvalue weighted by atomic mass is 32.1. The number of aliphatic imine (C=N–C) groups is 1. The Morgan fingerprint density at radius 2 is 1.97 bits per heavy atom. The average molecular weight is 417 g/mol. The van der Waals surface area contributed by atoms with Crippen LogP contribution in [-0.4, -0.2) is 28.3 Å². The number of nitrogens with one attached hydrogen (secondary N) is 2. The molecular weight excluding hydrogens is 398 g/mol. The van der Waals surface area contributed by atoms with Crippen LogP contribution >= 0.6 is 11.3 Å². The second-order valence-electron chi connectivity index (χ2n) is 6.61. The number of rotatable bonds is 3. The maximum atomic E-state index is 12.6. The first-order chi connectivity index (χ1) is 14.6. The number of nitrogen functional groups attached to an aromatic ring is 1. The zero-order valence-corrected chi connectivity index (χ0v) is 16.8. The molecule has 4 rings (SSSR count). The van der Waals surface area contributed by atoms with E-state index in [-0.39, 0.29) is 5.91 Å². The molecule has 30 heavy (non-hydrogen) atoms. The van der Waals surface area contributed by atoms with Crippen molar-refractivity contribution >= 4 is 40.3 Å². The van der Waals surface area contributed by atoms with Crippen molar-refractivity contribution in [2.24, 2.45) is 4.99 Å². The van der Waals surface area contributed by atoms with Gasteiger partial charge in [-0.05, 0) is 24.3 Å². The summed E-state index contributed by atoms with van der Waals surface area (Å²) >= 11 is 1.34. The minimum absolute atomic E-state index is 0.285. The minimum atomic E-state index is -0.285. The van der Waals surface area contributed by atoms with E-state index in [1.807, 2.05) is 53.6 Å². The number of fused-ring (bicyclic) bond motifs is 1. The number of para-hydroxylation sites is 3. The lowest BCUT2D eigenvalue weighted by Gasteiger charge is -2.28. The summed E-state index contributed by atoms with van der Waals surface area (Å²) in [5.74, 6) is 0.193. The van der Waals surface area contributed by atoms with Gasteiger partial charge in [-0.2, -0.15) is 5.26 Å². The summed E-state index contributed by atoms with van der Waals surface area (Å²) < 4.78 is 0. The van der Waals surface area contributed by atoms with Crippen LogP contribution in [0.4, 0.5) is 17.1 Å². The number of hydrogen-bond acceptors (Lipinski definition) is 6. The van der Waals surface area contributed by atoms with Gasteiger partial charge in [0, 0.05) is 17.8 Å². The molecular formula is C21H19N7OS. The fourth-order valence-corrected chi connectivity index (χ4v) is 4.13. The zero-order valence-electron chi connectivity index (χ0n) is 16.0. The van der Waals surface area contributed by atoms with Gasteiger partial charge in [0.1, 0.15) is 0 Å². The highest BCUT2D eigenvalue weighted by Gasteiger charge is 2.25. The molecule has 0 unspecified atom stereocenters. The number of anilines is 2. The van der Waals surface area contributed by atoms with Crippen molar-refractivity contribution in [3.63, 3.8) is 0 Å². The second-order valence-corrected chi connectivity index (χ2v) is 7.69. The molecule has 0 spiro atoms. The Balaban J connectivity index is 1.52. The van der Waals surface area contributed by atoms with Gasteiger partial charge >= 0.3 is 0 Å². The smallest absolute Gasteiger partial charge is 0.284 e. The first-order valence-electron chi connectivity index (χ1n) is 9.32. The summed E-state index contributed by atoms with van der Waals surface area (Å²) in [5, 5.41) is 15.0. The summed E-state index contributed by atoms with van der Waals surface area (Å²) in [6.45, 7) is 1.16. The molecule has 0 fully saturated rings. The third kappa shape index (κ3) is 4.24. The molecule has 0 saturated carbocycles. The quantitative estimate of drug-likeness (QED) is 0.198. The molecule has 1 aromatic heterocycles. The van der Waals surface area contributed by atoms with Gasteiger partial charge in [0.2, 0.25) is 5.96 Å². The number of amides is 1. The van der Waals surface area contributed by atoms with Gasteiger partial charge < -0.3 is 16.0 Å². The van der Waals surface area contributed by atoms with E-state index in [0.29, 0.717) is 41.9 Å². The molecule has 1 aliphatic heterocycles. The third-order valence-corrected chi connectivity index (χ3v) is 5.67. The molecule has 2 heterocycles. The maximum Gasteiger partial charge on any atom is 0.284 e. The van der Waals surface area contributed by atoms with Gasteiger partial charge in [0.05, 0.1) is 29.3 Å². The summed E-state index contributed by atoms with van der Waals surface area (Å²) in [5.41, 5.74) is 8.62. The van der Waals surface area contributed by atoms with E-state index in [1.54, 1.807) is 12.1 Å². The Bertz CT molecular complexity index is 1130. The number of hydrogen-bond donors (Lipinski definition) is 3. The molecule has 8 nitrogen and oxygen atoms in total. The molecule has 150 valence electrons. The van der Waals surface area contributed by atoms with Gasteiger partial charge in [-0.3, -0.25) is 10.1 Å². The molecule has 0 radical (unpaired) electrons. The first-order valence-corrected chi connectivity index (χ1v) is 10.1. The van der Waals surface area contributed by atoms with Gasteiger partial charge in [-0.15, -0.1) is 11.3 Å². The van der Waals surface area contributed by atoms with Crippen LogP contribution in [0, 0.1) is 11.5 Å². The van der Waals surface area contributed by atoms with Crippen molar-refractivity contribution in [1.29, 1.82) is 5.26 Å². The number of carbonyl (C=O) groups excluding carboxylic acids is 1. The summed E-state index contributed by atoms with van der Waals surface area (Å²) in [7, 11) is 0. The normalized spacial score (nSPS) is 13.3. The lowest BCUT2D eigenvalue weighted by atomic mass is 10.2. The van der Waals surface area contributed by atoms with Crippen LogP contribution in [0.1, 0.15) is 20.4 Å². The number of nitrogens with two attached hydrogens (primary N) is 1. The van der Waals surface area contributed by atoms with Crippen LogP contribution in [0.25, 0.3) is 0 Å². The molecule has 1 amide bonds. The minimum Gasteiger partial charge on any atom is -0.397 e. The summed E-state index contributed by atoms with van der Waals surface area (Å²) in [6.07, 6.45) is 2.61. The van der Waals surface area contributed by atoms with Gasteiger partial charge in [0.25, 0.3) is 5.91 Å². The summed E-state index contributed by atoms with van der Waals surface area (Å²) in [4.78, 5) is 24.7. The van der Waals surface area contributed by atoms with Crippen molar-refractivity contribution in [1.82, 2.24) is 15.2 Å². The van der Waals surface area contributed by atoms with Crippen molar-refractivity contribution in [3.8, 4) is 6.19 Å². The van der Waals surface area contributed by atoms with Crippen molar-refractivity contribution in [2.75, 3.05) is 17.6 Å². The van der Waals surface area contributed by atoms with Crippen LogP contribution in [0.5, 0.6) is 0 Å². The average Bonchev–Trinajstić information content (AvgIpc) is 3.19. The van der Waals surface area contributed by atoms with Gasteiger partial charge in [0.15, 0.2) is 11.2 Å². The van der Waals surface area contributed by atoms with Gasteiger partial charge in [-0.25, -0.2) is 9.98 Å². The number of nitriles is 1. The van der Waals surface area contributed by atoms with Crippen molar-refractivity contribution in [3.05, 3.63) is 70.2 Å². The Morgan fingerprint density at radius 3 is 2.73 bits per heavy atom. The van der Waals surface area contributed by atoms with Crippen LogP contribution in [0.15, 0.2) is 59.6 Å². The van der Waals surface area contributed by atoms with Crippen LogP contribution in [-0.2, 0) is 13.0 Å². The fourth-order valence-electron chi connectivity index (χ4n) is 3.11. The lowest BCUT2D eigenvalue weighted by Crippen LogP contribution is -2.42. The van der Waals surface area contributed by atoms with E-state index in [4.69, 9.17) is 11.0 Å². The molecule has 0 atom stereocenters. The number of benzene rings is 2. The van der Waals surface area contributed by atoms with E-state index < -0.39 is 0 Å². The lowest BCUT2D eigenvalue weighted by molar-refractivity contribution is 0.102. The third-order valence-electron chi connectivity index (χ3n) is 4.59. The van der Waals surface area contributed by atoms with E-state index in [2.05, 4.69) is 20.6 Å². The molecule has 0 aliphatic carbocycles. The number of carbonyl (C=O) groups is 1. The number of aromatic nitrogens is 1. The summed E-state index contributed by atoms with van der Waals surface area (Å²) in [6, 6.07) is 16.6. The first kappa shape index (κ1) is 19.4. The topological polar surface area (TPSA) is 119 Å². The largest absolute Gasteiger partial charge is 0.397 e. The molecule has 0 saturated heterocycles. The van der Waals surface area contributed by atoms with Crippen LogP contribution < -0.4 is 16.4 Å². The SMILES string of the molecule is N#CNC(=Nc1ccccc1)N1CCc2nc(C(=O)Nc3ccccc3N)sc2C1. The highest BCUT2D eigenvalue weighted by molar-refractivity contribution is 7.13. The number of guanidine groups is 1.